The van der Waals surface area contributed by atoms with Crippen LogP contribution in [0.1, 0.15) is 12.7 Å². The Morgan fingerprint density at radius 3 is 2.70 bits per heavy atom. The third-order valence-corrected chi connectivity index (χ3v) is 2.80. The van der Waals surface area contributed by atoms with Gasteiger partial charge in [0, 0.05) is 17.1 Å². The van der Waals surface area contributed by atoms with E-state index in [-0.39, 0.29) is 11.6 Å². The zero-order valence-electron chi connectivity index (χ0n) is 10.9. The molecular weight excluding hydrogens is 332 g/mol. The van der Waals surface area contributed by atoms with Crippen molar-refractivity contribution in [3.63, 3.8) is 0 Å². The highest BCUT2D eigenvalue weighted by atomic mass is 79.9. The molecule has 1 aromatic heterocycles. The summed E-state index contributed by atoms with van der Waals surface area (Å²) in [6.07, 6.45) is 0. The van der Waals surface area contributed by atoms with Gasteiger partial charge in [0.05, 0.1) is 0 Å². The zero-order valence-corrected chi connectivity index (χ0v) is 12.5. The number of halogens is 3. The molecule has 1 heterocycles. The van der Waals surface area contributed by atoms with Gasteiger partial charge in [0.2, 0.25) is 11.7 Å². The molecule has 0 aliphatic carbocycles. The summed E-state index contributed by atoms with van der Waals surface area (Å²) in [5.41, 5.74) is 0. The molecule has 0 aliphatic rings. The first-order chi connectivity index (χ1) is 9.49. The highest BCUT2D eigenvalue weighted by Gasteiger charge is 2.13. The third-order valence-electron chi connectivity index (χ3n) is 2.35. The number of aryl methyl sites for hydroxylation is 1. The number of hydrogen-bond acceptors (Lipinski definition) is 4. The fourth-order valence-electron chi connectivity index (χ4n) is 1.58. The van der Waals surface area contributed by atoms with Gasteiger partial charge < -0.3 is 10.1 Å². The second-order valence-electron chi connectivity index (χ2n) is 3.97. The van der Waals surface area contributed by atoms with Crippen LogP contribution in [0.5, 0.6) is 11.6 Å². The van der Waals surface area contributed by atoms with Crippen LogP contribution in [0.3, 0.4) is 0 Å². The van der Waals surface area contributed by atoms with Crippen molar-refractivity contribution in [3.05, 3.63) is 40.1 Å². The van der Waals surface area contributed by atoms with Crippen molar-refractivity contribution in [2.45, 2.75) is 13.8 Å². The summed E-state index contributed by atoms with van der Waals surface area (Å²) < 4.78 is 32.6. The molecule has 1 aromatic carbocycles. The summed E-state index contributed by atoms with van der Waals surface area (Å²) in [4.78, 5) is 8.18. The van der Waals surface area contributed by atoms with Gasteiger partial charge in [-0.25, -0.2) is 9.37 Å². The lowest BCUT2D eigenvalue weighted by Gasteiger charge is -2.09. The molecule has 2 aromatic rings. The Labute approximate surface area is 123 Å². The highest BCUT2D eigenvalue weighted by molar-refractivity contribution is 9.10. The van der Waals surface area contributed by atoms with Crippen LogP contribution in [0.15, 0.2) is 22.7 Å². The monoisotopic (exact) mass is 343 g/mol. The molecular formula is C13H12BrF2N3O. The molecule has 0 radical (unpaired) electrons. The van der Waals surface area contributed by atoms with E-state index in [1.165, 1.54) is 12.1 Å². The SMILES string of the molecule is CCNc1cc(Oc2cc(Br)cc(F)c2F)nc(C)n1. The summed E-state index contributed by atoms with van der Waals surface area (Å²) in [6, 6.07) is 3.88. The normalized spacial score (nSPS) is 10.4. The largest absolute Gasteiger partial charge is 0.436 e. The molecule has 7 heteroatoms. The molecule has 20 heavy (non-hydrogen) atoms. The highest BCUT2D eigenvalue weighted by Crippen LogP contribution is 2.29. The summed E-state index contributed by atoms with van der Waals surface area (Å²) >= 11 is 3.08. The predicted octanol–water partition coefficient (Wildman–Crippen LogP) is 4.05. The average Bonchev–Trinajstić information content (AvgIpc) is 2.35. The maximum atomic E-state index is 13.6. The number of rotatable bonds is 4. The molecule has 0 bridgehead atoms. The molecule has 0 spiro atoms. The minimum atomic E-state index is -1.06. The second kappa shape index (κ2) is 6.13. The molecule has 0 saturated heterocycles. The van der Waals surface area contributed by atoms with E-state index in [9.17, 15) is 8.78 Å². The topological polar surface area (TPSA) is 47.0 Å². The Morgan fingerprint density at radius 2 is 2.00 bits per heavy atom. The maximum absolute atomic E-state index is 13.6. The lowest BCUT2D eigenvalue weighted by molar-refractivity contribution is 0.403. The minimum absolute atomic E-state index is 0.143. The van der Waals surface area contributed by atoms with E-state index in [4.69, 9.17) is 4.74 Å². The molecule has 0 unspecified atom stereocenters. The predicted molar refractivity (Wildman–Crippen MR) is 75.1 cm³/mol. The van der Waals surface area contributed by atoms with Crippen LogP contribution in [0, 0.1) is 18.6 Å². The Morgan fingerprint density at radius 1 is 1.25 bits per heavy atom. The number of ether oxygens (including phenoxy) is 1. The molecule has 0 amide bonds. The van der Waals surface area contributed by atoms with Crippen LogP contribution in [0.4, 0.5) is 14.6 Å². The van der Waals surface area contributed by atoms with Crippen molar-refractivity contribution in [2.75, 3.05) is 11.9 Å². The Bertz CT molecular complexity index is 637. The number of nitrogens with zero attached hydrogens (tertiary/aromatic N) is 2. The van der Waals surface area contributed by atoms with E-state index in [0.717, 1.165) is 6.07 Å². The lowest BCUT2D eigenvalue weighted by Crippen LogP contribution is -2.03. The van der Waals surface area contributed by atoms with Gasteiger partial charge in [0.25, 0.3) is 0 Å². The zero-order chi connectivity index (χ0) is 14.7. The van der Waals surface area contributed by atoms with E-state index in [1.54, 1.807) is 6.92 Å². The first kappa shape index (κ1) is 14.6. The summed E-state index contributed by atoms with van der Waals surface area (Å²) in [5.74, 6) is -1.12. The van der Waals surface area contributed by atoms with Crippen LogP contribution < -0.4 is 10.1 Å². The fourth-order valence-corrected chi connectivity index (χ4v) is 1.99. The van der Waals surface area contributed by atoms with Crippen LogP contribution in [-0.2, 0) is 0 Å². The van der Waals surface area contributed by atoms with Crippen LogP contribution in [0.25, 0.3) is 0 Å². The van der Waals surface area contributed by atoms with Gasteiger partial charge in [-0.2, -0.15) is 9.37 Å². The third kappa shape index (κ3) is 3.41. The summed E-state index contributed by atoms with van der Waals surface area (Å²) in [6.45, 7) is 4.28. The molecule has 0 aliphatic heterocycles. The number of nitrogens with one attached hydrogen (secondary N) is 1. The number of anilines is 1. The van der Waals surface area contributed by atoms with E-state index in [2.05, 4.69) is 31.2 Å². The number of aromatic nitrogens is 2. The van der Waals surface area contributed by atoms with Crippen LogP contribution >= 0.6 is 15.9 Å². The van der Waals surface area contributed by atoms with Gasteiger partial charge in [-0.05, 0) is 26.0 Å². The van der Waals surface area contributed by atoms with Gasteiger partial charge in [-0.1, -0.05) is 15.9 Å². The Balaban J connectivity index is 2.34. The smallest absolute Gasteiger partial charge is 0.224 e. The van der Waals surface area contributed by atoms with Crippen LogP contribution in [0.2, 0.25) is 0 Å². The molecule has 1 N–H and O–H groups in total. The number of hydrogen-bond donors (Lipinski definition) is 1. The maximum Gasteiger partial charge on any atom is 0.224 e. The van der Waals surface area contributed by atoms with E-state index in [0.29, 0.717) is 22.7 Å². The minimum Gasteiger partial charge on any atom is -0.436 e. The van der Waals surface area contributed by atoms with Crippen molar-refractivity contribution in [1.29, 1.82) is 0 Å². The van der Waals surface area contributed by atoms with Gasteiger partial charge in [-0.3, -0.25) is 0 Å². The summed E-state index contributed by atoms with van der Waals surface area (Å²) in [7, 11) is 0. The summed E-state index contributed by atoms with van der Waals surface area (Å²) in [5, 5.41) is 3.00. The average molecular weight is 344 g/mol. The van der Waals surface area contributed by atoms with Gasteiger partial charge in [-0.15, -0.1) is 0 Å². The molecule has 0 fully saturated rings. The van der Waals surface area contributed by atoms with Crippen molar-refractivity contribution in [2.24, 2.45) is 0 Å². The van der Waals surface area contributed by atoms with Crippen molar-refractivity contribution in [3.8, 4) is 11.6 Å². The van der Waals surface area contributed by atoms with Gasteiger partial charge >= 0.3 is 0 Å². The molecule has 0 saturated carbocycles. The lowest BCUT2D eigenvalue weighted by atomic mass is 10.3. The van der Waals surface area contributed by atoms with Gasteiger partial charge in [0.1, 0.15) is 11.6 Å². The first-order valence-electron chi connectivity index (χ1n) is 5.91. The number of benzene rings is 1. The first-order valence-corrected chi connectivity index (χ1v) is 6.71. The molecule has 0 atom stereocenters. The quantitative estimate of drug-likeness (QED) is 0.850. The van der Waals surface area contributed by atoms with Gasteiger partial charge in [0.15, 0.2) is 11.6 Å². The molecule has 4 nitrogen and oxygen atoms in total. The van der Waals surface area contributed by atoms with Crippen molar-refractivity contribution < 1.29 is 13.5 Å². The second-order valence-corrected chi connectivity index (χ2v) is 4.89. The van der Waals surface area contributed by atoms with E-state index in [1.807, 2.05) is 6.92 Å². The van der Waals surface area contributed by atoms with E-state index >= 15 is 0 Å². The fraction of sp³-hybridized carbons (Fsp3) is 0.231. The Hall–Kier alpha value is -1.76. The van der Waals surface area contributed by atoms with Crippen molar-refractivity contribution >= 4 is 21.7 Å². The molecule has 2 rings (SSSR count). The van der Waals surface area contributed by atoms with Crippen LogP contribution in [-0.4, -0.2) is 16.5 Å². The van der Waals surface area contributed by atoms with Crippen molar-refractivity contribution in [1.82, 2.24) is 9.97 Å². The standard InChI is InChI=1S/C13H12BrF2N3O/c1-3-17-11-6-12(19-7(2)18-11)20-10-5-8(14)4-9(15)13(10)16/h4-6H,3H2,1-2H3,(H,17,18,19). The van der Waals surface area contributed by atoms with E-state index < -0.39 is 11.6 Å². The Kier molecular flexibility index (Phi) is 4.49. The molecule has 106 valence electrons.